The molecule has 0 spiro atoms. The van der Waals surface area contributed by atoms with Gasteiger partial charge >= 0.3 is 0 Å². The highest BCUT2D eigenvalue weighted by molar-refractivity contribution is 8.00. The van der Waals surface area contributed by atoms with Gasteiger partial charge in [0.25, 0.3) is 0 Å². The molecule has 0 unspecified atom stereocenters. The average molecular weight is 237 g/mol. The Hall–Kier alpha value is -0.900. The molecule has 0 aliphatic heterocycles. The second-order valence-corrected chi connectivity index (χ2v) is 5.73. The fourth-order valence-corrected chi connectivity index (χ4v) is 3.20. The van der Waals surface area contributed by atoms with Gasteiger partial charge < -0.3 is 11.1 Å². The van der Waals surface area contributed by atoms with Crippen molar-refractivity contribution in [3.63, 3.8) is 0 Å². The van der Waals surface area contributed by atoms with Gasteiger partial charge in [-0.3, -0.25) is 4.98 Å². The Morgan fingerprint density at radius 3 is 2.81 bits per heavy atom. The number of nitrogens with two attached hydrogens (primary N) is 1. The van der Waals surface area contributed by atoms with Crippen LogP contribution >= 0.6 is 11.8 Å². The van der Waals surface area contributed by atoms with Crippen LogP contribution in [0.2, 0.25) is 0 Å². The van der Waals surface area contributed by atoms with Gasteiger partial charge in [0, 0.05) is 17.5 Å². The lowest BCUT2D eigenvalue weighted by molar-refractivity contribution is 0.640. The van der Waals surface area contributed by atoms with Gasteiger partial charge in [-0.15, -0.1) is 0 Å². The topological polar surface area (TPSA) is 50.9 Å². The predicted molar refractivity (Wildman–Crippen MR) is 71.9 cm³/mol. The van der Waals surface area contributed by atoms with Crippen LogP contribution in [0.5, 0.6) is 0 Å². The second-order valence-electron chi connectivity index (χ2n) is 4.45. The minimum Gasteiger partial charge on any atom is -0.397 e. The van der Waals surface area contributed by atoms with E-state index in [1.807, 2.05) is 24.0 Å². The molecule has 1 aliphatic rings. The molecule has 0 aromatic carbocycles. The second kappa shape index (κ2) is 4.95. The van der Waals surface area contributed by atoms with Crippen molar-refractivity contribution >= 4 is 23.1 Å². The Balaban J connectivity index is 1.95. The first kappa shape index (κ1) is 11.6. The first-order valence-corrected chi connectivity index (χ1v) is 6.96. The van der Waals surface area contributed by atoms with E-state index in [2.05, 4.69) is 16.6 Å². The van der Waals surface area contributed by atoms with E-state index < -0.39 is 0 Å². The van der Waals surface area contributed by atoms with Crippen molar-refractivity contribution in [2.75, 3.05) is 23.9 Å². The summed E-state index contributed by atoms with van der Waals surface area (Å²) in [5.41, 5.74) is 7.45. The lowest BCUT2D eigenvalue weighted by atomic mass is 10.1. The zero-order chi connectivity index (χ0) is 11.4. The summed E-state index contributed by atoms with van der Waals surface area (Å²) in [5.74, 6) is 0. The van der Waals surface area contributed by atoms with Gasteiger partial charge in [-0.05, 0) is 25.2 Å². The lowest BCUT2D eigenvalue weighted by Crippen LogP contribution is -2.30. The number of thioether (sulfide) groups is 1. The van der Waals surface area contributed by atoms with Gasteiger partial charge in [-0.25, -0.2) is 0 Å². The molecular formula is C12H19N3S. The molecule has 4 heteroatoms. The highest BCUT2D eigenvalue weighted by atomic mass is 32.2. The summed E-state index contributed by atoms with van der Waals surface area (Å²) in [6.07, 6.45) is 11.1. The number of nitrogen functional groups attached to an aromatic ring is 1. The standard InChI is InChI=1S/C12H19N3S/c1-16-12(4-2-3-5-12)9-15-11-6-10(13)7-14-8-11/h6-8,15H,2-5,9,13H2,1H3. The number of anilines is 2. The summed E-state index contributed by atoms with van der Waals surface area (Å²) in [7, 11) is 0. The number of nitrogens with zero attached hydrogens (tertiary/aromatic N) is 1. The van der Waals surface area contributed by atoms with E-state index in [1.165, 1.54) is 25.7 Å². The van der Waals surface area contributed by atoms with Crippen LogP contribution in [0.1, 0.15) is 25.7 Å². The molecule has 1 aromatic rings. The summed E-state index contributed by atoms with van der Waals surface area (Å²) >= 11 is 1.99. The molecule has 0 saturated heterocycles. The van der Waals surface area contributed by atoms with E-state index in [-0.39, 0.29) is 0 Å². The molecular weight excluding hydrogens is 218 g/mol. The summed E-state index contributed by atoms with van der Waals surface area (Å²) in [6.45, 7) is 1.01. The Labute approximate surface area is 101 Å². The highest BCUT2D eigenvalue weighted by Crippen LogP contribution is 2.40. The van der Waals surface area contributed by atoms with Crippen LogP contribution in [-0.2, 0) is 0 Å². The number of hydrogen-bond donors (Lipinski definition) is 2. The van der Waals surface area contributed by atoms with Gasteiger partial charge in [0.2, 0.25) is 0 Å². The number of aromatic nitrogens is 1. The summed E-state index contributed by atoms with van der Waals surface area (Å²) in [5, 5.41) is 3.46. The number of rotatable bonds is 4. The largest absolute Gasteiger partial charge is 0.397 e. The van der Waals surface area contributed by atoms with Crippen LogP contribution in [0, 0.1) is 0 Å². The van der Waals surface area contributed by atoms with Crippen LogP contribution in [0.4, 0.5) is 11.4 Å². The van der Waals surface area contributed by atoms with Crippen LogP contribution in [0.25, 0.3) is 0 Å². The number of nitrogens with one attached hydrogen (secondary N) is 1. The Morgan fingerprint density at radius 1 is 1.44 bits per heavy atom. The van der Waals surface area contributed by atoms with Gasteiger partial charge in [-0.2, -0.15) is 11.8 Å². The average Bonchev–Trinajstić information content (AvgIpc) is 2.76. The number of pyridine rings is 1. The lowest BCUT2D eigenvalue weighted by Gasteiger charge is -2.27. The minimum atomic E-state index is 0.421. The van der Waals surface area contributed by atoms with E-state index in [1.54, 1.807) is 6.20 Å². The van der Waals surface area contributed by atoms with Crippen molar-refractivity contribution in [2.24, 2.45) is 0 Å². The quantitative estimate of drug-likeness (QED) is 0.845. The van der Waals surface area contributed by atoms with E-state index in [9.17, 15) is 0 Å². The van der Waals surface area contributed by atoms with Gasteiger partial charge in [0.1, 0.15) is 0 Å². The molecule has 3 N–H and O–H groups in total. The molecule has 0 bridgehead atoms. The van der Waals surface area contributed by atoms with Crippen LogP contribution in [-0.4, -0.2) is 22.5 Å². The third kappa shape index (κ3) is 2.61. The summed E-state index contributed by atoms with van der Waals surface area (Å²) in [4.78, 5) is 4.08. The minimum absolute atomic E-state index is 0.421. The molecule has 1 fully saturated rings. The molecule has 3 nitrogen and oxygen atoms in total. The van der Waals surface area contributed by atoms with Gasteiger partial charge in [0.05, 0.1) is 17.6 Å². The van der Waals surface area contributed by atoms with Crippen molar-refractivity contribution in [1.29, 1.82) is 0 Å². The normalized spacial score (nSPS) is 18.6. The van der Waals surface area contributed by atoms with Crippen LogP contribution in [0.15, 0.2) is 18.5 Å². The van der Waals surface area contributed by atoms with E-state index >= 15 is 0 Å². The van der Waals surface area contributed by atoms with Crippen molar-refractivity contribution in [3.8, 4) is 0 Å². The Morgan fingerprint density at radius 2 is 2.19 bits per heavy atom. The zero-order valence-electron chi connectivity index (χ0n) is 9.70. The predicted octanol–water partition coefficient (Wildman–Crippen LogP) is 2.75. The smallest absolute Gasteiger partial charge is 0.0547 e. The van der Waals surface area contributed by atoms with E-state index in [0.717, 1.165) is 17.9 Å². The Kier molecular flexibility index (Phi) is 3.59. The highest BCUT2D eigenvalue weighted by Gasteiger charge is 2.32. The fourth-order valence-electron chi connectivity index (χ4n) is 2.29. The third-order valence-electron chi connectivity index (χ3n) is 3.32. The summed E-state index contributed by atoms with van der Waals surface area (Å²) < 4.78 is 0.421. The summed E-state index contributed by atoms with van der Waals surface area (Å²) in [6, 6.07) is 1.94. The van der Waals surface area contributed by atoms with Gasteiger partial charge in [-0.1, -0.05) is 12.8 Å². The molecule has 0 atom stereocenters. The van der Waals surface area contributed by atoms with Crippen molar-refractivity contribution in [1.82, 2.24) is 4.98 Å². The first-order valence-electron chi connectivity index (χ1n) is 5.74. The van der Waals surface area contributed by atoms with Crippen molar-refractivity contribution in [3.05, 3.63) is 18.5 Å². The van der Waals surface area contributed by atoms with Crippen LogP contribution < -0.4 is 11.1 Å². The SMILES string of the molecule is CSC1(CNc2cncc(N)c2)CCCC1. The van der Waals surface area contributed by atoms with Crippen molar-refractivity contribution < 1.29 is 0 Å². The molecule has 0 radical (unpaired) electrons. The van der Waals surface area contributed by atoms with Gasteiger partial charge in [0.15, 0.2) is 0 Å². The maximum absolute atomic E-state index is 5.70. The molecule has 88 valence electrons. The van der Waals surface area contributed by atoms with Crippen molar-refractivity contribution in [2.45, 2.75) is 30.4 Å². The molecule has 16 heavy (non-hydrogen) atoms. The zero-order valence-corrected chi connectivity index (χ0v) is 10.5. The Bertz CT molecular complexity index is 348. The molecule has 1 aromatic heterocycles. The molecule has 1 aliphatic carbocycles. The third-order valence-corrected chi connectivity index (χ3v) is 4.74. The maximum atomic E-state index is 5.70. The molecule has 1 heterocycles. The maximum Gasteiger partial charge on any atom is 0.0547 e. The molecule has 1 saturated carbocycles. The first-order chi connectivity index (χ1) is 7.74. The molecule has 2 rings (SSSR count). The fraction of sp³-hybridized carbons (Fsp3) is 0.583. The monoisotopic (exact) mass is 237 g/mol. The molecule has 0 amide bonds. The van der Waals surface area contributed by atoms with E-state index in [4.69, 9.17) is 5.73 Å². The van der Waals surface area contributed by atoms with E-state index in [0.29, 0.717) is 4.75 Å². The van der Waals surface area contributed by atoms with Crippen LogP contribution in [0.3, 0.4) is 0 Å². The number of hydrogen-bond acceptors (Lipinski definition) is 4.